The van der Waals surface area contributed by atoms with E-state index in [4.69, 9.17) is 4.74 Å². The summed E-state index contributed by atoms with van der Waals surface area (Å²) in [5.74, 6) is -0.0345. The van der Waals surface area contributed by atoms with Crippen molar-refractivity contribution < 1.29 is 24.5 Å². The molecule has 0 aliphatic heterocycles. The Morgan fingerprint density at radius 2 is 0.701 bits per heavy atom. The Balaban J connectivity index is 3.37. The highest BCUT2D eigenvalue weighted by atomic mass is 16.5. The van der Waals surface area contributed by atoms with Crippen molar-refractivity contribution in [1.82, 2.24) is 5.32 Å². The minimum Gasteiger partial charge on any atom is -0.466 e. The molecule has 0 aromatic rings. The summed E-state index contributed by atoms with van der Waals surface area (Å²) in [5.41, 5.74) is 0. The molecule has 0 fully saturated rings. The molecular weight excluding hydrogens is 827 g/mol. The molecule has 2 unspecified atom stereocenters. The van der Waals surface area contributed by atoms with Crippen molar-refractivity contribution in [1.29, 1.82) is 0 Å². The van der Waals surface area contributed by atoms with E-state index in [0.717, 1.165) is 44.9 Å². The average molecular weight is 945 g/mol. The summed E-state index contributed by atoms with van der Waals surface area (Å²) in [5, 5.41) is 23.1. The molecule has 0 heterocycles. The smallest absolute Gasteiger partial charge is 0.305 e. The zero-order valence-corrected chi connectivity index (χ0v) is 45.1. The van der Waals surface area contributed by atoms with Crippen LogP contribution in [0, 0.1) is 0 Å². The minimum absolute atomic E-state index is 0.00867. The fourth-order valence-corrected chi connectivity index (χ4v) is 9.34. The van der Waals surface area contributed by atoms with Gasteiger partial charge in [0.2, 0.25) is 5.91 Å². The first-order valence-electron chi connectivity index (χ1n) is 30.1. The van der Waals surface area contributed by atoms with Crippen molar-refractivity contribution in [2.24, 2.45) is 0 Å². The molecule has 396 valence electrons. The van der Waals surface area contributed by atoms with Gasteiger partial charge >= 0.3 is 5.97 Å². The number of carbonyl (C=O) groups excluding carboxylic acids is 2. The highest BCUT2D eigenvalue weighted by Crippen LogP contribution is 2.17. The number of amides is 1. The van der Waals surface area contributed by atoms with Gasteiger partial charge in [-0.25, -0.2) is 0 Å². The van der Waals surface area contributed by atoms with Gasteiger partial charge in [0.1, 0.15) is 0 Å². The molecule has 3 N–H and O–H groups in total. The van der Waals surface area contributed by atoms with Crippen LogP contribution in [0.15, 0.2) is 24.3 Å². The van der Waals surface area contributed by atoms with Crippen LogP contribution in [0.4, 0.5) is 0 Å². The van der Waals surface area contributed by atoms with Crippen LogP contribution in [0.1, 0.15) is 328 Å². The molecule has 2 atom stereocenters. The Morgan fingerprint density at radius 3 is 1.06 bits per heavy atom. The molecule has 0 rings (SSSR count). The van der Waals surface area contributed by atoms with Gasteiger partial charge in [0.05, 0.1) is 25.4 Å². The number of carbonyl (C=O) groups is 2. The zero-order valence-electron chi connectivity index (χ0n) is 45.1. The van der Waals surface area contributed by atoms with Gasteiger partial charge in [-0.3, -0.25) is 9.59 Å². The summed E-state index contributed by atoms with van der Waals surface area (Å²) < 4.78 is 5.49. The third kappa shape index (κ3) is 53.5. The maximum absolute atomic E-state index is 12.4. The van der Waals surface area contributed by atoms with Gasteiger partial charge in [0, 0.05) is 12.8 Å². The van der Waals surface area contributed by atoms with Crippen molar-refractivity contribution in [2.45, 2.75) is 341 Å². The molecule has 0 aliphatic rings. The SMILES string of the molecule is CCCCCCCCC/C=C\CCCCCCCCCC(=O)OCCCCCCCCCCCCCC/C=C\CCCCCCCCCC(=O)NC(CO)C(O)CCCCCCCCCCC. The van der Waals surface area contributed by atoms with Crippen LogP contribution >= 0.6 is 0 Å². The second kappa shape index (κ2) is 56.9. The molecular formula is C61H117NO5. The number of nitrogens with one attached hydrogen (secondary N) is 1. The molecule has 6 nitrogen and oxygen atoms in total. The lowest BCUT2D eigenvalue weighted by Crippen LogP contribution is -2.45. The number of unbranched alkanes of at least 4 members (excludes halogenated alkanes) is 41. The Hall–Kier alpha value is -1.66. The highest BCUT2D eigenvalue weighted by molar-refractivity contribution is 5.76. The molecule has 0 bridgehead atoms. The van der Waals surface area contributed by atoms with E-state index in [1.54, 1.807) is 0 Å². The summed E-state index contributed by atoms with van der Waals surface area (Å²) in [4.78, 5) is 24.5. The maximum Gasteiger partial charge on any atom is 0.305 e. The maximum atomic E-state index is 12.4. The minimum atomic E-state index is -0.665. The second-order valence-electron chi connectivity index (χ2n) is 20.7. The molecule has 0 radical (unpaired) electrons. The van der Waals surface area contributed by atoms with Gasteiger partial charge < -0.3 is 20.3 Å². The van der Waals surface area contributed by atoms with Crippen LogP contribution in [0.2, 0.25) is 0 Å². The van der Waals surface area contributed by atoms with E-state index in [2.05, 4.69) is 43.5 Å². The fraction of sp³-hybridized carbons (Fsp3) is 0.902. The number of esters is 1. The Kier molecular flexibility index (Phi) is 55.5. The number of allylic oxidation sites excluding steroid dienone is 4. The van der Waals surface area contributed by atoms with Crippen molar-refractivity contribution >= 4 is 11.9 Å². The number of rotatable bonds is 56. The molecule has 0 saturated carbocycles. The topological polar surface area (TPSA) is 95.9 Å². The van der Waals surface area contributed by atoms with Gasteiger partial charge in [-0.15, -0.1) is 0 Å². The van der Waals surface area contributed by atoms with Gasteiger partial charge in [0.15, 0.2) is 0 Å². The van der Waals surface area contributed by atoms with Crippen LogP contribution in [0.3, 0.4) is 0 Å². The largest absolute Gasteiger partial charge is 0.466 e. The van der Waals surface area contributed by atoms with E-state index in [9.17, 15) is 19.8 Å². The average Bonchev–Trinajstić information content (AvgIpc) is 3.33. The first-order chi connectivity index (χ1) is 33.0. The molecule has 6 heteroatoms. The first-order valence-corrected chi connectivity index (χ1v) is 30.1. The number of ether oxygens (including phenoxy) is 1. The van der Waals surface area contributed by atoms with E-state index in [1.165, 1.54) is 250 Å². The lowest BCUT2D eigenvalue weighted by atomic mass is 10.0. The third-order valence-electron chi connectivity index (χ3n) is 14.0. The summed E-state index contributed by atoms with van der Waals surface area (Å²) >= 11 is 0. The van der Waals surface area contributed by atoms with Gasteiger partial charge in [0.25, 0.3) is 0 Å². The standard InChI is InChI=1S/C61H117NO5/c1-3-5-7-9-11-13-14-15-16-17-26-29-32-35-39-43-47-51-55-61(66)67-56-52-48-44-40-36-33-30-27-24-22-20-18-19-21-23-25-28-31-34-38-42-46-50-54-60(65)62-58(57-63)59(64)53-49-45-41-37-12-10-8-6-4-2/h16-17,21,23,58-59,63-64H,3-15,18-20,22,24-57H2,1-2H3,(H,62,65)/b17-16-,23-21-. The molecule has 1 amide bonds. The molecule has 0 aromatic carbocycles. The predicted molar refractivity (Wildman–Crippen MR) is 292 cm³/mol. The normalized spacial score (nSPS) is 12.7. The third-order valence-corrected chi connectivity index (χ3v) is 14.0. The quantitative estimate of drug-likeness (QED) is 0.0321. The Morgan fingerprint density at radius 1 is 0.403 bits per heavy atom. The lowest BCUT2D eigenvalue weighted by molar-refractivity contribution is -0.143. The molecule has 0 saturated heterocycles. The van der Waals surface area contributed by atoms with Gasteiger partial charge in [-0.2, -0.15) is 0 Å². The van der Waals surface area contributed by atoms with E-state index in [-0.39, 0.29) is 18.5 Å². The monoisotopic (exact) mass is 944 g/mol. The van der Waals surface area contributed by atoms with Crippen LogP contribution in [-0.4, -0.2) is 47.4 Å². The summed E-state index contributed by atoms with van der Waals surface area (Å²) in [6.45, 7) is 4.94. The fourth-order valence-electron chi connectivity index (χ4n) is 9.34. The van der Waals surface area contributed by atoms with Crippen molar-refractivity contribution in [3.8, 4) is 0 Å². The van der Waals surface area contributed by atoms with Crippen molar-refractivity contribution in [3.63, 3.8) is 0 Å². The number of hydrogen-bond donors (Lipinski definition) is 3. The molecule has 0 aliphatic carbocycles. The number of aliphatic hydroxyl groups excluding tert-OH is 2. The van der Waals surface area contributed by atoms with Crippen LogP contribution < -0.4 is 5.32 Å². The molecule has 0 spiro atoms. The van der Waals surface area contributed by atoms with Crippen molar-refractivity contribution in [3.05, 3.63) is 24.3 Å². The number of aliphatic hydroxyl groups is 2. The van der Waals surface area contributed by atoms with Gasteiger partial charge in [-0.1, -0.05) is 263 Å². The number of hydrogen-bond acceptors (Lipinski definition) is 5. The van der Waals surface area contributed by atoms with E-state index < -0.39 is 12.1 Å². The second-order valence-corrected chi connectivity index (χ2v) is 20.7. The Labute approximate surface area is 418 Å². The van der Waals surface area contributed by atoms with E-state index in [1.807, 2.05) is 0 Å². The molecule has 67 heavy (non-hydrogen) atoms. The molecule has 0 aromatic heterocycles. The van der Waals surface area contributed by atoms with Crippen LogP contribution in [0.5, 0.6) is 0 Å². The first kappa shape index (κ1) is 65.3. The highest BCUT2D eigenvalue weighted by Gasteiger charge is 2.20. The van der Waals surface area contributed by atoms with Crippen LogP contribution in [-0.2, 0) is 14.3 Å². The van der Waals surface area contributed by atoms with E-state index >= 15 is 0 Å². The zero-order chi connectivity index (χ0) is 48.6. The summed E-state index contributed by atoms with van der Waals surface area (Å²) in [6.07, 6.45) is 69.1. The van der Waals surface area contributed by atoms with E-state index in [0.29, 0.717) is 25.9 Å². The summed E-state index contributed by atoms with van der Waals surface area (Å²) in [7, 11) is 0. The summed E-state index contributed by atoms with van der Waals surface area (Å²) in [6, 6.07) is -0.543. The van der Waals surface area contributed by atoms with Crippen molar-refractivity contribution in [2.75, 3.05) is 13.2 Å². The lowest BCUT2D eigenvalue weighted by Gasteiger charge is -2.22. The van der Waals surface area contributed by atoms with Gasteiger partial charge in [-0.05, 0) is 77.0 Å². The Bertz CT molecular complexity index is 1040. The predicted octanol–water partition coefficient (Wildman–Crippen LogP) is 18.6. The van der Waals surface area contributed by atoms with Crippen LogP contribution in [0.25, 0.3) is 0 Å².